The zero-order chi connectivity index (χ0) is 13.9. The van der Waals surface area contributed by atoms with Crippen molar-refractivity contribution in [3.63, 3.8) is 0 Å². The van der Waals surface area contributed by atoms with Crippen LogP contribution in [0.25, 0.3) is 0 Å². The van der Waals surface area contributed by atoms with Gasteiger partial charge in [-0.3, -0.25) is 9.69 Å². The molecule has 2 fully saturated rings. The van der Waals surface area contributed by atoms with E-state index in [1.54, 1.807) is 0 Å². The lowest BCUT2D eigenvalue weighted by Gasteiger charge is -2.32. The highest BCUT2D eigenvalue weighted by molar-refractivity contribution is 14.1. The minimum atomic E-state index is 0.182. The van der Waals surface area contributed by atoms with Crippen LogP contribution in [0.5, 0.6) is 0 Å². The maximum atomic E-state index is 12.5. The van der Waals surface area contributed by atoms with E-state index >= 15 is 0 Å². The molecule has 2 aliphatic heterocycles. The number of rotatable bonds is 2. The van der Waals surface area contributed by atoms with Crippen molar-refractivity contribution in [3.8, 4) is 0 Å². The number of piperazine rings is 1. The third-order valence-corrected chi connectivity index (χ3v) is 4.86. The molecule has 0 spiro atoms. The van der Waals surface area contributed by atoms with Crippen molar-refractivity contribution >= 4 is 28.5 Å². The number of carbonyl (C=O) groups excluding carboxylic acids is 1. The Hall–Kier alpha value is -0.660. The Morgan fingerprint density at radius 3 is 2.80 bits per heavy atom. The van der Waals surface area contributed by atoms with Crippen molar-refractivity contribution in [1.29, 1.82) is 0 Å². The van der Waals surface area contributed by atoms with Gasteiger partial charge in [-0.2, -0.15) is 0 Å². The van der Waals surface area contributed by atoms with Crippen LogP contribution in [0, 0.1) is 3.57 Å². The molecule has 0 radical (unpaired) electrons. The van der Waals surface area contributed by atoms with Gasteiger partial charge in [0.05, 0.1) is 0 Å². The fraction of sp³-hybridized carbons (Fsp3) is 0.533. The predicted octanol–water partition coefficient (Wildman–Crippen LogP) is 1.41. The highest BCUT2D eigenvalue weighted by Gasteiger charge is 2.31. The van der Waals surface area contributed by atoms with Crippen LogP contribution < -0.4 is 5.32 Å². The molecule has 1 aromatic rings. The van der Waals surface area contributed by atoms with Crippen molar-refractivity contribution in [1.82, 2.24) is 15.1 Å². The van der Waals surface area contributed by atoms with Crippen LogP contribution >= 0.6 is 22.6 Å². The Balaban J connectivity index is 1.63. The first kappa shape index (κ1) is 14.3. The maximum Gasteiger partial charge on any atom is 0.253 e. The first-order valence-electron chi connectivity index (χ1n) is 7.23. The first-order valence-corrected chi connectivity index (χ1v) is 8.31. The second-order valence-electron chi connectivity index (χ2n) is 5.49. The van der Waals surface area contributed by atoms with Gasteiger partial charge in [0.25, 0.3) is 5.91 Å². The number of likely N-dealkylation sites (tertiary alicyclic amines) is 1. The summed E-state index contributed by atoms with van der Waals surface area (Å²) in [6.45, 7) is 6.12. The number of halogens is 1. The van der Waals surface area contributed by atoms with Gasteiger partial charge < -0.3 is 10.2 Å². The van der Waals surface area contributed by atoms with Gasteiger partial charge in [-0.25, -0.2) is 0 Å². The molecule has 108 valence electrons. The molecule has 20 heavy (non-hydrogen) atoms. The summed E-state index contributed by atoms with van der Waals surface area (Å²) >= 11 is 2.26. The number of hydrogen-bond donors (Lipinski definition) is 1. The zero-order valence-electron chi connectivity index (χ0n) is 11.5. The van der Waals surface area contributed by atoms with Crippen molar-refractivity contribution in [2.45, 2.75) is 12.5 Å². The van der Waals surface area contributed by atoms with E-state index in [2.05, 4.69) is 32.8 Å². The van der Waals surface area contributed by atoms with Crippen LogP contribution in [0.1, 0.15) is 16.8 Å². The van der Waals surface area contributed by atoms with Crippen LogP contribution in [-0.4, -0.2) is 61.0 Å². The lowest BCUT2D eigenvalue weighted by atomic mass is 10.2. The number of benzene rings is 1. The minimum Gasteiger partial charge on any atom is -0.337 e. The third-order valence-electron chi connectivity index (χ3n) is 4.19. The molecule has 1 aromatic carbocycles. The summed E-state index contributed by atoms with van der Waals surface area (Å²) in [4.78, 5) is 17.1. The number of nitrogens with one attached hydrogen (secondary N) is 1. The number of hydrogen-bond acceptors (Lipinski definition) is 3. The Morgan fingerprint density at radius 1 is 1.25 bits per heavy atom. The van der Waals surface area contributed by atoms with E-state index in [1.165, 1.54) is 0 Å². The van der Waals surface area contributed by atoms with E-state index in [0.29, 0.717) is 6.04 Å². The number of amides is 1. The summed E-state index contributed by atoms with van der Waals surface area (Å²) < 4.78 is 1.12. The quantitative estimate of drug-likeness (QED) is 0.783. The van der Waals surface area contributed by atoms with Gasteiger partial charge in [-0.05, 0) is 47.2 Å². The summed E-state index contributed by atoms with van der Waals surface area (Å²) in [7, 11) is 0. The van der Waals surface area contributed by atoms with E-state index < -0.39 is 0 Å². The molecule has 2 aliphatic rings. The second-order valence-corrected chi connectivity index (χ2v) is 6.74. The molecule has 3 rings (SSSR count). The summed E-state index contributed by atoms with van der Waals surface area (Å²) in [5.41, 5.74) is 0.817. The van der Waals surface area contributed by atoms with Gasteiger partial charge in [0, 0.05) is 54.4 Å². The molecule has 1 N–H and O–H groups in total. The SMILES string of the molecule is O=C(c1cccc(I)c1)N1CCC(N2CCNCC2)C1. The molecule has 2 heterocycles. The molecular formula is C15H20IN3O. The predicted molar refractivity (Wildman–Crippen MR) is 87.9 cm³/mol. The molecule has 2 saturated heterocycles. The fourth-order valence-corrected chi connectivity index (χ4v) is 3.62. The summed E-state index contributed by atoms with van der Waals surface area (Å²) in [5.74, 6) is 0.182. The minimum absolute atomic E-state index is 0.182. The van der Waals surface area contributed by atoms with Crippen molar-refractivity contribution in [2.24, 2.45) is 0 Å². The third kappa shape index (κ3) is 3.15. The molecular weight excluding hydrogens is 365 g/mol. The van der Waals surface area contributed by atoms with E-state index in [0.717, 1.165) is 54.8 Å². The molecule has 5 heteroatoms. The Morgan fingerprint density at radius 2 is 2.05 bits per heavy atom. The molecule has 0 saturated carbocycles. The second kappa shape index (κ2) is 6.41. The standard InChI is InChI=1S/C15H20IN3O/c16-13-3-1-2-12(10-13)15(20)19-7-4-14(11-19)18-8-5-17-6-9-18/h1-3,10,14,17H,4-9,11H2. The van der Waals surface area contributed by atoms with Crippen LogP contribution in [0.2, 0.25) is 0 Å². The molecule has 0 aromatic heterocycles. The normalized spacial score (nSPS) is 24.1. The van der Waals surface area contributed by atoms with Gasteiger partial charge in [0.15, 0.2) is 0 Å². The van der Waals surface area contributed by atoms with Gasteiger partial charge in [0.1, 0.15) is 0 Å². The average molecular weight is 385 g/mol. The molecule has 1 amide bonds. The highest BCUT2D eigenvalue weighted by atomic mass is 127. The molecule has 1 atom stereocenters. The Kier molecular flexibility index (Phi) is 4.58. The van der Waals surface area contributed by atoms with Crippen molar-refractivity contribution in [2.75, 3.05) is 39.3 Å². The molecule has 1 unspecified atom stereocenters. The van der Waals surface area contributed by atoms with Crippen LogP contribution in [-0.2, 0) is 0 Å². The average Bonchev–Trinajstić information content (AvgIpc) is 2.97. The number of nitrogens with zero attached hydrogens (tertiary/aromatic N) is 2. The summed E-state index contributed by atoms with van der Waals surface area (Å²) in [6, 6.07) is 8.41. The van der Waals surface area contributed by atoms with E-state index in [1.807, 2.05) is 29.2 Å². The van der Waals surface area contributed by atoms with Crippen molar-refractivity contribution in [3.05, 3.63) is 33.4 Å². The molecule has 0 bridgehead atoms. The van der Waals surface area contributed by atoms with E-state index in [-0.39, 0.29) is 5.91 Å². The Labute approximate surface area is 133 Å². The largest absolute Gasteiger partial charge is 0.337 e. The topological polar surface area (TPSA) is 35.6 Å². The first-order chi connectivity index (χ1) is 9.74. The maximum absolute atomic E-state index is 12.5. The molecule has 0 aliphatic carbocycles. The lowest BCUT2D eigenvalue weighted by Crippen LogP contribution is -2.49. The van der Waals surface area contributed by atoms with Gasteiger partial charge >= 0.3 is 0 Å². The monoisotopic (exact) mass is 385 g/mol. The van der Waals surface area contributed by atoms with E-state index in [9.17, 15) is 4.79 Å². The van der Waals surface area contributed by atoms with Gasteiger partial charge in [0.2, 0.25) is 0 Å². The molecule has 4 nitrogen and oxygen atoms in total. The smallest absolute Gasteiger partial charge is 0.253 e. The lowest BCUT2D eigenvalue weighted by molar-refractivity contribution is 0.0773. The van der Waals surface area contributed by atoms with E-state index in [4.69, 9.17) is 0 Å². The zero-order valence-corrected chi connectivity index (χ0v) is 13.7. The van der Waals surface area contributed by atoms with Crippen LogP contribution in [0.15, 0.2) is 24.3 Å². The summed E-state index contributed by atoms with van der Waals surface area (Å²) in [5, 5.41) is 3.38. The van der Waals surface area contributed by atoms with Gasteiger partial charge in [-0.1, -0.05) is 6.07 Å². The summed E-state index contributed by atoms with van der Waals surface area (Å²) in [6.07, 6.45) is 1.11. The fourth-order valence-electron chi connectivity index (χ4n) is 3.08. The van der Waals surface area contributed by atoms with Crippen LogP contribution in [0.4, 0.5) is 0 Å². The number of carbonyl (C=O) groups is 1. The van der Waals surface area contributed by atoms with Crippen LogP contribution in [0.3, 0.4) is 0 Å². The van der Waals surface area contributed by atoms with Gasteiger partial charge in [-0.15, -0.1) is 0 Å². The highest BCUT2D eigenvalue weighted by Crippen LogP contribution is 2.19. The van der Waals surface area contributed by atoms with Crippen molar-refractivity contribution < 1.29 is 4.79 Å². The Bertz CT molecular complexity index is 488.